The molecule has 0 spiro atoms. The van der Waals surface area contributed by atoms with Crippen LogP contribution in [-0.4, -0.2) is 37.3 Å². The van der Waals surface area contributed by atoms with E-state index in [1.54, 1.807) is 12.1 Å². The van der Waals surface area contributed by atoms with Crippen molar-refractivity contribution >= 4 is 17.6 Å². The van der Waals surface area contributed by atoms with Crippen LogP contribution in [0.2, 0.25) is 0 Å². The van der Waals surface area contributed by atoms with E-state index < -0.39 is 5.97 Å². The van der Waals surface area contributed by atoms with Crippen molar-refractivity contribution in [3.8, 4) is 0 Å². The molecule has 1 aliphatic heterocycles. The van der Waals surface area contributed by atoms with Crippen LogP contribution in [0.15, 0.2) is 18.2 Å². The minimum Gasteiger partial charge on any atom is -0.478 e. The number of amides is 1. The molecule has 6 nitrogen and oxygen atoms in total. The predicted molar refractivity (Wildman–Crippen MR) is 80.9 cm³/mol. The molecule has 1 aromatic carbocycles. The van der Waals surface area contributed by atoms with Crippen molar-refractivity contribution < 1.29 is 24.2 Å². The Morgan fingerprint density at radius 3 is 2.68 bits per heavy atom. The van der Waals surface area contributed by atoms with Crippen molar-refractivity contribution in [3.05, 3.63) is 29.3 Å². The Balaban J connectivity index is 2.03. The third-order valence-electron chi connectivity index (χ3n) is 3.65. The van der Waals surface area contributed by atoms with E-state index in [-0.39, 0.29) is 11.5 Å². The number of methoxy groups -OCH3 is 1. The first kappa shape index (κ1) is 16.5. The summed E-state index contributed by atoms with van der Waals surface area (Å²) in [7, 11) is 1.54. The summed E-state index contributed by atoms with van der Waals surface area (Å²) >= 11 is 0. The van der Waals surface area contributed by atoms with E-state index in [9.17, 15) is 9.59 Å². The van der Waals surface area contributed by atoms with Crippen molar-refractivity contribution in [1.82, 2.24) is 0 Å². The molecule has 1 aliphatic rings. The van der Waals surface area contributed by atoms with Gasteiger partial charge in [-0.1, -0.05) is 0 Å². The Bertz CT molecular complexity index is 537. The lowest BCUT2D eigenvalue weighted by molar-refractivity contribution is -0.117. The van der Waals surface area contributed by atoms with Gasteiger partial charge in [0.05, 0.1) is 12.2 Å². The highest BCUT2D eigenvalue weighted by Gasteiger charge is 2.18. The summed E-state index contributed by atoms with van der Waals surface area (Å²) in [5.41, 5.74) is 1.34. The topological polar surface area (TPSA) is 84.9 Å². The molecule has 2 rings (SSSR count). The van der Waals surface area contributed by atoms with Crippen LogP contribution in [0, 0.1) is 5.92 Å². The van der Waals surface area contributed by atoms with E-state index in [1.807, 2.05) is 0 Å². The molecule has 0 saturated carbocycles. The van der Waals surface area contributed by atoms with Gasteiger partial charge in [0.1, 0.15) is 0 Å². The Morgan fingerprint density at radius 2 is 2.05 bits per heavy atom. The van der Waals surface area contributed by atoms with E-state index >= 15 is 0 Å². The maximum Gasteiger partial charge on any atom is 0.335 e. The number of ether oxygens (including phenoxy) is 2. The van der Waals surface area contributed by atoms with Crippen molar-refractivity contribution in [2.24, 2.45) is 5.92 Å². The molecule has 0 bridgehead atoms. The summed E-state index contributed by atoms with van der Waals surface area (Å²) in [5, 5.41) is 11.9. The lowest BCUT2D eigenvalue weighted by Crippen LogP contribution is -2.22. The van der Waals surface area contributed by atoms with Crippen LogP contribution >= 0.6 is 0 Å². The van der Waals surface area contributed by atoms with Crippen LogP contribution in [0.1, 0.15) is 35.2 Å². The minimum absolute atomic E-state index is 0.0993. The molecule has 1 heterocycles. The van der Waals surface area contributed by atoms with E-state index in [4.69, 9.17) is 14.6 Å². The summed E-state index contributed by atoms with van der Waals surface area (Å²) in [6.45, 7) is 1.69. The number of anilines is 1. The van der Waals surface area contributed by atoms with Gasteiger partial charge in [-0.15, -0.1) is 0 Å². The molecule has 0 aliphatic carbocycles. The third-order valence-corrected chi connectivity index (χ3v) is 3.65. The minimum atomic E-state index is -1.03. The van der Waals surface area contributed by atoms with Crippen LogP contribution in [0.5, 0.6) is 0 Å². The van der Waals surface area contributed by atoms with E-state index in [2.05, 4.69) is 5.32 Å². The van der Waals surface area contributed by atoms with Gasteiger partial charge in [-0.05, 0) is 42.5 Å². The standard InChI is InChI=1S/C16H21NO5/c1-21-10-12-6-13(16(19)20)9-14(7-12)17-15(18)8-11-2-4-22-5-3-11/h6-7,9,11H,2-5,8,10H2,1H3,(H,17,18)(H,19,20). The average molecular weight is 307 g/mol. The van der Waals surface area contributed by atoms with Crippen LogP contribution < -0.4 is 5.32 Å². The average Bonchev–Trinajstić information content (AvgIpc) is 2.48. The zero-order valence-corrected chi connectivity index (χ0v) is 12.6. The molecule has 1 fully saturated rings. The van der Waals surface area contributed by atoms with Gasteiger partial charge in [0.2, 0.25) is 5.91 Å². The van der Waals surface area contributed by atoms with Gasteiger partial charge < -0.3 is 19.9 Å². The number of carboxylic acid groups (broad SMARTS) is 1. The summed E-state index contributed by atoms with van der Waals surface area (Å²) in [4.78, 5) is 23.2. The largest absolute Gasteiger partial charge is 0.478 e. The Hall–Kier alpha value is -1.92. The maximum absolute atomic E-state index is 12.1. The second kappa shape index (κ2) is 7.91. The van der Waals surface area contributed by atoms with Crippen molar-refractivity contribution in [2.75, 3.05) is 25.6 Å². The second-order valence-corrected chi connectivity index (χ2v) is 5.46. The zero-order valence-electron chi connectivity index (χ0n) is 12.6. The zero-order chi connectivity index (χ0) is 15.9. The first-order chi connectivity index (χ1) is 10.6. The molecule has 120 valence electrons. The number of carbonyl (C=O) groups is 2. The highest BCUT2D eigenvalue weighted by Crippen LogP contribution is 2.21. The van der Waals surface area contributed by atoms with Gasteiger partial charge in [0, 0.05) is 32.4 Å². The quantitative estimate of drug-likeness (QED) is 0.842. The number of hydrogen-bond acceptors (Lipinski definition) is 4. The molecule has 1 saturated heterocycles. The molecule has 0 radical (unpaired) electrons. The highest BCUT2D eigenvalue weighted by atomic mass is 16.5. The van der Waals surface area contributed by atoms with Crippen LogP contribution in [0.4, 0.5) is 5.69 Å². The molecule has 6 heteroatoms. The number of nitrogens with one attached hydrogen (secondary N) is 1. The predicted octanol–water partition coefficient (Wildman–Crippen LogP) is 2.29. The summed E-state index contributed by atoms with van der Waals surface area (Å²) < 4.78 is 10.3. The van der Waals surface area contributed by atoms with Gasteiger partial charge in [-0.2, -0.15) is 0 Å². The van der Waals surface area contributed by atoms with Crippen LogP contribution in [0.25, 0.3) is 0 Å². The lowest BCUT2D eigenvalue weighted by Gasteiger charge is -2.21. The second-order valence-electron chi connectivity index (χ2n) is 5.46. The normalized spacial score (nSPS) is 15.5. The summed E-state index contributed by atoms with van der Waals surface area (Å²) in [5.74, 6) is -0.800. The first-order valence-corrected chi connectivity index (χ1v) is 7.32. The van der Waals surface area contributed by atoms with Crippen LogP contribution in [0.3, 0.4) is 0 Å². The summed E-state index contributed by atoms with van der Waals surface area (Å²) in [6, 6.07) is 4.74. The van der Waals surface area contributed by atoms with E-state index in [1.165, 1.54) is 13.2 Å². The molecular weight excluding hydrogens is 286 g/mol. The molecule has 0 aromatic heterocycles. The number of carboxylic acids is 1. The number of hydrogen-bond donors (Lipinski definition) is 2. The summed E-state index contributed by atoms with van der Waals surface area (Å²) in [6.07, 6.45) is 2.20. The molecule has 0 atom stereocenters. The van der Waals surface area contributed by atoms with Gasteiger partial charge >= 0.3 is 5.97 Å². The molecule has 0 unspecified atom stereocenters. The van der Waals surface area contributed by atoms with Gasteiger partial charge in [0.25, 0.3) is 0 Å². The Labute approximate surface area is 129 Å². The fourth-order valence-electron chi connectivity index (χ4n) is 2.56. The van der Waals surface area contributed by atoms with Gasteiger partial charge in [-0.3, -0.25) is 4.79 Å². The smallest absolute Gasteiger partial charge is 0.335 e. The molecule has 2 N–H and O–H groups in total. The fourth-order valence-corrected chi connectivity index (χ4v) is 2.56. The maximum atomic E-state index is 12.1. The number of rotatable bonds is 6. The Morgan fingerprint density at radius 1 is 1.32 bits per heavy atom. The van der Waals surface area contributed by atoms with Gasteiger partial charge in [-0.25, -0.2) is 4.79 Å². The molecule has 1 aromatic rings. The monoisotopic (exact) mass is 307 g/mol. The molecule has 1 amide bonds. The van der Waals surface area contributed by atoms with E-state index in [0.29, 0.717) is 43.4 Å². The fraction of sp³-hybridized carbons (Fsp3) is 0.500. The highest BCUT2D eigenvalue weighted by molar-refractivity contribution is 5.94. The number of benzene rings is 1. The van der Waals surface area contributed by atoms with Gasteiger partial charge in [0.15, 0.2) is 0 Å². The van der Waals surface area contributed by atoms with Crippen molar-refractivity contribution in [3.63, 3.8) is 0 Å². The third kappa shape index (κ3) is 4.82. The van der Waals surface area contributed by atoms with Crippen LogP contribution in [-0.2, 0) is 20.9 Å². The van der Waals surface area contributed by atoms with E-state index in [0.717, 1.165) is 12.8 Å². The Kier molecular flexibility index (Phi) is 5.91. The molecular formula is C16H21NO5. The lowest BCUT2D eigenvalue weighted by atomic mass is 9.96. The van der Waals surface area contributed by atoms with Crippen molar-refractivity contribution in [1.29, 1.82) is 0 Å². The number of carbonyl (C=O) groups excluding carboxylic acids is 1. The number of aromatic carboxylic acids is 1. The van der Waals surface area contributed by atoms with Crippen molar-refractivity contribution in [2.45, 2.75) is 25.9 Å². The molecule has 22 heavy (non-hydrogen) atoms. The first-order valence-electron chi connectivity index (χ1n) is 7.32. The SMILES string of the molecule is COCc1cc(NC(=O)CC2CCOCC2)cc(C(=O)O)c1.